The Morgan fingerprint density at radius 2 is 2.28 bits per heavy atom. The summed E-state index contributed by atoms with van der Waals surface area (Å²) in [6, 6.07) is 8.09. The fourth-order valence-electron chi connectivity index (χ4n) is 2.46. The molecule has 3 nitrogen and oxygen atoms in total. The SMILES string of the molecule is Cc1cccc(OCC(=O)NC2CCC(C)C2)c1. The minimum absolute atomic E-state index is 0.0180. The second kappa shape index (κ2) is 5.89. The first-order valence-corrected chi connectivity index (χ1v) is 6.62. The van der Waals surface area contributed by atoms with Crippen LogP contribution >= 0.6 is 0 Å². The fourth-order valence-corrected chi connectivity index (χ4v) is 2.46. The zero-order valence-electron chi connectivity index (χ0n) is 11.1. The lowest BCUT2D eigenvalue weighted by atomic mass is 10.1. The van der Waals surface area contributed by atoms with Crippen LogP contribution in [0.25, 0.3) is 0 Å². The molecule has 1 fully saturated rings. The predicted octanol–water partition coefficient (Wildman–Crippen LogP) is 2.68. The van der Waals surface area contributed by atoms with Gasteiger partial charge >= 0.3 is 0 Å². The lowest BCUT2D eigenvalue weighted by Crippen LogP contribution is -2.36. The minimum atomic E-state index is -0.0180. The van der Waals surface area contributed by atoms with Gasteiger partial charge in [-0.1, -0.05) is 19.1 Å². The van der Waals surface area contributed by atoms with E-state index in [1.54, 1.807) is 0 Å². The summed E-state index contributed by atoms with van der Waals surface area (Å²) in [6.45, 7) is 4.34. The number of carbonyl (C=O) groups excluding carboxylic acids is 1. The average molecular weight is 247 g/mol. The standard InChI is InChI=1S/C15H21NO2/c1-11-4-3-5-14(9-11)18-10-15(17)16-13-7-6-12(2)8-13/h3-5,9,12-13H,6-8,10H2,1-2H3,(H,16,17). The number of aryl methyl sites for hydroxylation is 1. The first-order valence-electron chi connectivity index (χ1n) is 6.62. The second-order valence-electron chi connectivity index (χ2n) is 5.29. The third-order valence-electron chi connectivity index (χ3n) is 3.42. The number of amides is 1. The van der Waals surface area contributed by atoms with Crippen LogP contribution in [0.5, 0.6) is 5.75 Å². The molecule has 98 valence electrons. The van der Waals surface area contributed by atoms with Crippen LogP contribution in [0.2, 0.25) is 0 Å². The molecule has 1 amide bonds. The van der Waals surface area contributed by atoms with E-state index in [-0.39, 0.29) is 12.5 Å². The fraction of sp³-hybridized carbons (Fsp3) is 0.533. The third kappa shape index (κ3) is 3.76. The molecule has 2 atom stereocenters. The van der Waals surface area contributed by atoms with Crippen molar-refractivity contribution in [2.24, 2.45) is 5.92 Å². The number of nitrogens with one attached hydrogen (secondary N) is 1. The summed E-state index contributed by atoms with van der Waals surface area (Å²) >= 11 is 0. The quantitative estimate of drug-likeness (QED) is 0.888. The van der Waals surface area contributed by atoms with Crippen molar-refractivity contribution in [1.82, 2.24) is 5.32 Å². The molecule has 18 heavy (non-hydrogen) atoms. The van der Waals surface area contributed by atoms with Crippen molar-refractivity contribution in [3.8, 4) is 5.75 Å². The maximum absolute atomic E-state index is 11.7. The van der Waals surface area contributed by atoms with Crippen molar-refractivity contribution in [2.45, 2.75) is 39.2 Å². The maximum atomic E-state index is 11.7. The Kier molecular flexibility index (Phi) is 4.24. The highest BCUT2D eigenvalue weighted by atomic mass is 16.5. The summed E-state index contributed by atoms with van der Waals surface area (Å²) in [6.07, 6.45) is 3.40. The van der Waals surface area contributed by atoms with Crippen molar-refractivity contribution in [3.63, 3.8) is 0 Å². The predicted molar refractivity (Wildman–Crippen MR) is 71.6 cm³/mol. The van der Waals surface area contributed by atoms with E-state index < -0.39 is 0 Å². The Labute approximate surface area is 109 Å². The van der Waals surface area contributed by atoms with E-state index in [0.717, 1.165) is 30.1 Å². The van der Waals surface area contributed by atoms with E-state index >= 15 is 0 Å². The molecule has 0 aromatic heterocycles. The van der Waals surface area contributed by atoms with Crippen LogP contribution in [-0.2, 0) is 4.79 Å². The molecule has 1 aromatic rings. The molecule has 1 saturated carbocycles. The number of hydrogen-bond acceptors (Lipinski definition) is 2. The molecule has 2 rings (SSSR count). The van der Waals surface area contributed by atoms with E-state index in [0.29, 0.717) is 6.04 Å². The maximum Gasteiger partial charge on any atom is 0.258 e. The molecule has 3 heteroatoms. The minimum Gasteiger partial charge on any atom is -0.484 e. The Bertz CT molecular complexity index is 417. The molecule has 1 N–H and O–H groups in total. The summed E-state index contributed by atoms with van der Waals surface area (Å²) < 4.78 is 5.47. The molecule has 0 saturated heterocycles. The van der Waals surface area contributed by atoms with Crippen molar-refractivity contribution >= 4 is 5.91 Å². The smallest absolute Gasteiger partial charge is 0.258 e. The molecule has 0 spiro atoms. The molecule has 0 radical (unpaired) electrons. The van der Waals surface area contributed by atoms with E-state index in [9.17, 15) is 4.79 Å². The van der Waals surface area contributed by atoms with Crippen molar-refractivity contribution < 1.29 is 9.53 Å². The normalized spacial score (nSPS) is 22.8. The van der Waals surface area contributed by atoms with Gasteiger partial charge in [0, 0.05) is 6.04 Å². The van der Waals surface area contributed by atoms with Gasteiger partial charge in [0.15, 0.2) is 6.61 Å². The zero-order valence-corrected chi connectivity index (χ0v) is 11.1. The van der Waals surface area contributed by atoms with E-state index in [2.05, 4.69) is 12.2 Å². The van der Waals surface area contributed by atoms with Gasteiger partial charge in [-0.3, -0.25) is 4.79 Å². The van der Waals surface area contributed by atoms with Crippen LogP contribution in [0.15, 0.2) is 24.3 Å². The number of rotatable bonds is 4. The van der Waals surface area contributed by atoms with Gasteiger partial charge in [0.05, 0.1) is 0 Å². The number of ether oxygens (including phenoxy) is 1. The highest BCUT2D eigenvalue weighted by Gasteiger charge is 2.22. The summed E-state index contributed by atoms with van der Waals surface area (Å²) in [5.74, 6) is 1.47. The van der Waals surface area contributed by atoms with Crippen LogP contribution in [0.4, 0.5) is 0 Å². The molecule has 1 aromatic carbocycles. The van der Waals surface area contributed by atoms with E-state index in [4.69, 9.17) is 4.74 Å². The molecular formula is C15H21NO2. The Balaban J connectivity index is 1.75. The molecule has 2 unspecified atom stereocenters. The van der Waals surface area contributed by atoms with Crippen LogP contribution < -0.4 is 10.1 Å². The molecule has 0 bridgehead atoms. The second-order valence-corrected chi connectivity index (χ2v) is 5.29. The Morgan fingerprint density at radius 3 is 2.94 bits per heavy atom. The lowest BCUT2D eigenvalue weighted by Gasteiger charge is -2.13. The van der Waals surface area contributed by atoms with Crippen molar-refractivity contribution in [1.29, 1.82) is 0 Å². The van der Waals surface area contributed by atoms with Gasteiger partial charge in [-0.2, -0.15) is 0 Å². The van der Waals surface area contributed by atoms with Gasteiger partial charge in [-0.15, -0.1) is 0 Å². The van der Waals surface area contributed by atoms with Crippen LogP contribution in [-0.4, -0.2) is 18.6 Å². The first kappa shape index (κ1) is 12.9. The van der Waals surface area contributed by atoms with Gasteiger partial charge in [0.2, 0.25) is 0 Å². The van der Waals surface area contributed by atoms with Crippen LogP contribution in [0, 0.1) is 12.8 Å². The lowest BCUT2D eigenvalue weighted by molar-refractivity contribution is -0.123. The van der Waals surface area contributed by atoms with Crippen LogP contribution in [0.3, 0.4) is 0 Å². The molecule has 1 aliphatic carbocycles. The highest BCUT2D eigenvalue weighted by Crippen LogP contribution is 2.24. The van der Waals surface area contributed by atoms with Crippen molar-refractivity contribution in [3.05, 3.63) is 29.8 Å². The van der Waals surface area contributed by atoms with Crippen LogP contribution in [0.1, 0.15) is 31.7 Å². The van der Waals surface area contributed by atoms with Gasteiger partial charge in [-0.25, -0.2) is 0 Å². The molecule has 0 aliphatic heterocycles. The van der Waals surface area contributed by atoms with Gasteiger partial charge in [0.1, 0.15) is 5.75 Å². The highest BCUT2D eigenvalue weighted by molar-refractivity contribution is 5.77. The Morgan fingerprint density at radius 1 is 1.44 bits per heavy atom. The molecular weight excluding hydrogens is 226 g/mol. The summed E-state index contributed by atoms with van der Waals surface area (Å²) in [5, 5.41) is 3.03. The topological polar surface area (TPSA) is 38.3 Å². The number of benzene rings is 1. The third-order valence-corrected chi connectivity index (χ3v) is 3.42. The van der Waals surface area contributed by atoms with Gasteiger partial charge < -0.3 is 10.1 Å². The summed E-state index contributed by atoms with van der Waals surface area (Å²) in [7, 11) is 0. The number of carbonyl (C=O) groups is 1. The molecule has 1 aliphatic rings. The average Bonchev–Trinajstić information content (AvgIpc) is 2.72. The number of hydrogen-bond donors (Lipinski definition) is 1. The zero-order chi connectivity index (χ0) is 13.0. The first-order chi connectivity index (χ1) is 8.63. The monoisotopic (exact) mass is 247 g/mol. The van der Waals surface area contributed by atoms with Gasteiger partial charge in [-0.05, 0) is 49.8 Å². The summed E-state index contributed by atoms with van der Waals surface area (Å²) in [4.78, 5) is 11.7. The van der Waals surface area contributed by atoms with E-state index in [1.165, 1.54) is 6.42 Å². The van der Waals surface area contributed by atoms with Crippen molar-refractivity contribution in [2.75, 3.05) is 6.61 Å². The van der Waals surface area contributed by atoms with E-state index in [1.807, 2.05) is 31.2 Å². The molecule has 0 heterocycles. The summed E-state index contributed by atoms with van der Waals surface area (Å²) in [5.41, 5.74) is 1.14. The largest absolute Gasteiger partial charge is 0.484 e. The van der Waals surface area contributed by atoms with Gasteiger partial charge in [0.25, 0.3) is 5.91 Å². The Hall–Kier alpha value is -1.51.